The van der Waals surface area contributed by atoms with E-state index in [1.807, 2.05) is 12.1 Å². The van der Waals surface area contributed by atoms with Crippen molar-refractivity contribution in [1.82, 2.24) is 4.90 Å². The summed E-state index contributed by atoms with van der Waals surface area (Å²) in [6, 6.07) is 8.27. The molecule has 2 atom stereocenters. The molecular formula is C12H16N2S. The molecule has 3 aliphatic rings. The van der Waals surface area contributed by atoms with Crippen LogP contribution in [0.15, 0.2) is 24.3 Å². The van der Waals surface area contributed by atoms with E-state index >= 15 is 0 Å². The van der Waals surface area contributed by atoms with Crippen molar-refractivity contribution in [2.75, 3.05) is 18.8 Å². The van der Waals surface area contributed by atoms with Crippen LogP contribution in [0.2, 0.25) is 0 Å². The quantitative estimate of drug-likeness (QED) is 0.773. The molecule has 3 heteroatoms. The summed E-state index contributed by atoms with van der Waals surface area (Å²) in [5.74, 6) is 0. The Bertz CT molecular complexity index is 333. The predicted octanol–water partition coefficient (Wildman–Crippen LogP) is 1.96. The number of thioether (sulfide) groups is 1. The van der Waals surface area contributed by atoms with Gasteiger partial charge in [-0.1, -0.05) is 12.1 Å². The van der Waals surface area contributed by atoms with Crippen LogP contribution >= 0.6 is 11.8 Å². The van der Waals surface area contributed by atoms with Crippen molar-refractivity contribution in [3.05, 3.63) is 29.8 Å². The van der Waals surface area contributed by atoms with Gasteiger partial charge in [0.1, 0.15) is 0 Å². The van der Waals surface area contributed by atoms with Crippen LogP contribution in [0.4, 0.5) is 5.69 Å². The van der Waals surface area contributed by atoms with Crippen molar-refractivity contribution in [3.63, 3.8) is 0 Å². The number of nitrogen functional groups attached to an aromatic ring is 1. The maximum Gasteiger partial charge on any atom is 0.0314 e. The lowest BCUT2D eigenvalue weighted by atomic mass is 10.1. The number of piperidine rings is 1. The van der Waals surface area contributed by atoms with Gasteiger partial charge in [-0.3, -0.25) is 4.90 Å². The van der Waals surface area contributed by atoms with Crippen LogP contribution in [0.5, 0.6) is 0 Å². The van der Waals surface area contributed by atoms with Crippen molar-refractivity contribution < 1.29 is 0 Å². The third kappa shape index (κ3) is 1.99. The van der Waals surface area contributed by atoms with Crippen molar-refractivity contribution >= 4 is 17.4 Å². The smallest absolute Gasteiger partial charge is 0.0314 e. The SMILES string of the molecule is Nc1ccc(CN2CC3CC(C2)S3)cc1. The van der Waals surface area contributed by atoms with E-state index in [1.54, 1.807) is 0 Å². The fourth-order valence-corrected chi connectivity index (χ4v) is 3.92. The van der Waals surface area contributed by atoms with E-state index in [2.05, 4.69) is 28.8 Å². The zero-order valence-electron chi connectivity index (χ0n) is 8.73. The first-order valence-corrected chi connectivity index (χ1v) is 6.46. The molecular weight excluding hydrogens is 204 g/mol. The van der Waals surface area contributed by atoms with Crippen LogP contribution in [-0.2, 0) is 6.54 Å². The topological polar surface area (TPSA) is 29.3 Å². The van der Waals surface area contributed by atoms with E-state index in [1.165, 1.54) is 25.1 Å². The van der Waals surface area contributed by atoms with E-state index in [0.717, 1.165) is 22.7 Å². The highest BCUT2D eigenvalue weighted by Crippen LogP contribution is 2.41. The Morgan fingerprint density at radius 3 is 2.40 bits per heavy atom. The number of nitrogens with two attached hydrogens (primary N) is 1. The van der Waals surface area contributed by atoms with Gasteiger partial charge in [-0.15, -0.1) is 0 Å². The molecule has 15 heavy (non-hydrogen) atoms. The maximum absolute atomic E-state index is 5.67. The monoisotopic (exact) mass is 220 g/mol. The summed E-state index contributed by atoms with van der Waals surface area (Å²) in [6.45, 7) is 3.63. The molecule has 0 radical (unpaired) electrons. The van der Waals surface area contributed by atoms with E-state index < -0.39 is 0 Å². The van der Waals surface area contributed by atoms with Crippen LogP contribution in [0, 0.1) is 0 Å². The second-order valence-corrected chi connectivity index (χ2v) is 6.16. The third-order valence-corrected chi connectivity index (χ3v) is 4.67. The van der Waals surface area contributed by atoms with E-state index in [9.17, 15) is 0 Å². The molecule has 2 nitrogen and oxygen atoms in total. The van der Waals surface area contributed by atoms with E-state index in [-0.39, 0.29) is 0 Å². The molecule has 3 fully saturated rings. The highest BCUT2D eigenvalue weighted by molar-refractivity contribution is 8.02. The normalized spacial score (nSPS) is 29.9. The molecule has 4 rings (SSSR count). The van der Waals surface area contributed by atoms with Gasteiger partial charge in [-0.05, 0) is 24.1 Å². The van der Waals surface area contributed by atoms with Crippen molar-refractivity contribution in [3.8, 4) is 0 Å². The maximum atomic E-state index is 5.67. The lowest BCUT2D eigenvalue weighted by Gasteiger charge is -2.46. The Morgan fingerprint density at radius 1 is 1.20 bits per heavy atom. The van der Waals surface area contributed by atoms with Crippen LogP contribution in [-0.4, -0.2) is 28.5 Å². The predicted molar refractivity (Wildman–Crippen MR) is 65.9 cm³/mol. The number of benzene rings is 1. The van der Waals surface area contributed by atoms with Crippen molar-refractivity contribution in [2.24, 2.45) is 0 Å². The number of rotatable bonds is 2. The standard InChI is InChI=1S/C12H16N2S/c13-10-3-1-9(2-4-10)6-14-7-11-5-12(8-14)15-11/h1-4,11-12H,5-8,13H2. The average Bonchev–Trinajstić information content (AvgIpc) is 2.21. The van der Waals surface area contributed by atoms with Gasteiger partial charge in [0.2, 0.25) is 0 Å². The highest BCUT2D eigenvalue weighted by atomic mass is 32.2. The lowest BCUT2D eigenvalue weighted by molar-refractivity contribution is 0.215. The van der Waals surface area contributed by atoms with Crippen LogP contribution in [0.3, 0.4) is 0 Å². The number of hydrogen-bond donors (Lipinski definition) is 1. The molecule has 2 unspecified atom stereocenters. The Balaban J connectivity index is 1.63. The number of anilines is 1. The minimum Gasteiger partial charge on any atom is -0.399 e. The average molecular weight is 220 g/mol. The molecule has 0 aliphatic carbocycles. The van der Waals surface area contributed by atoms with Crippen LogP contribution in [0.1, 0.15) is 12.0 Å². The molecule has 3 heterocycles. The highest BCUT2D eigenvalue weighted by Gasteiger charge is 2.37. The molecule has 1 aromatic carbocycles. The van der Waals surface area contributed by atoms with Crippen molar-refractivity contribution in [1.29, 1.82) is 0 Å². The van der Waals surface area contributed by atoms with Gasteiger partial charge in [0.25, 0.3) is 0 Å². The molecule has 3 saturated heterocycles. The molecule has 1 aromatic rings. The molecule has 0 aromatic heterocycles. The summed E-state index contributed by atoms with van der Waals surface area (Å²) in [7, 11) is 0. The number of nitrogens with zero attached hydrogens (tertiary/aromatic N) is 1. The van der Waals surface area contributed by atoms with Gasteiger partial charge >= 0.3 is 0 Å². The Hall–Kier alpha value is -0.670. The van der Waals surface area contributed by atoms with Gasteiger partial charge in [0.15, 0.2) is 0 Å². The molecule has 80 valence electrons. The first kappa shape index (κ1) is 9.55. The van der Waals surface area contributed by atoms with Gasteiger partial charge < -0.3 is 5.73 Å². The molecule has 0 spiro atoms. The first-order valence-electron chi connectivity index (χ1n) is 5.52. The minimum atomic E-state index is 0.857. The zero-order valence-corrected chi connectivity index (χ0v) is 9.54. The summed E-state index contributed by atoms with van der Waals surface area (Å²) in [5.41, 5.74) is 7.91. The summed E-state index contributed by atoms with van der Waals surface area (Å²) in [6.07, 6.45) is 1.45. The third-order valence-electron chi connectivity index (χ3n) is 3.22. The summed E-state index contributed by atoms with van der Waals surface area (Å²) < 4.78 is 0. The van der Waals surface area contributed by atoms with E-state index in [0.29, 0.717) is 0 Å². The zero-order chi connectivity index (χ0) is 10.3. The lowest BCUT2D eigenvalue weighted by Crippen LogP contribution is -2.50. The fraction of sp³-hybridized carbons (Fsp3) is 0.500. The van der Waals surface area contributed by atoms with Crippen LogP contribution in [0.25, 0.3) is 0 Å². The van der Waals surface area contributed by atoms with Gasteiger partial charge in [-0.25, -0.2) is 0 Å². The van der Waals surface area contributed by atoms with Crippen molar-refractivity contribution in [2.45, 2.75) is 23.5 Å². The first-order chi connectivity index (χ1) is 7.29. The molecule has 0 amide bonds. The summed E-state index contributed by atoms with van der Waals surface area (Å²) in [5, 5.41) is 1.83. The number of hydrogen-bond acceptors (Lipinski definition) is 3. The Kier molecular flexibility index (Phi) is 2.37. The molecule has 0 saturated carbocycles. The Morgan fingerprint density at radius 2 is 1.80 bits per heavy atom. The summed E-state index contributed by atoms with van der Waals surface area (Å²) in [4.78, 5) is 2.57. The Labute approximate surface area is 94.8 Å². The van der Waals surface area contributed by atoms with Gasteiger partial charge in [0.05, 0.1) is 0 Å². The van der Waals surface area contributed by atoms with Crippen LogP contribution < -0.4 is 5.73 Å². The molecule has 2 bridgehead atoms. The number of fused-ring (bicyclic) bond motifs is 2. The molecule has 3 aliphatic heterocycles. The largest absolute Gasteiger partial charge is 0.399 e. The molecule has 2 N–H and O–H groups in total. The second kappa shape index (κ2) is 3.72. The van der Waals surface area contributed by atoms with Gasteiger partial charge in [-0.2, -0.15) is 11.8 Å². The van der Waals surface area contributed by atoms with Gasteiger partial charge in [0, 0.05) is 35.8 Å². The minimum absolute atomic E-state index is 0.857. The fourth-order valence-electron chi connectivity index (χ4n) is 2.45. The summed E-state index contributed by atoms with van der Waals surface area (Å²) >= 11 is 2.17. The van der Waals surface area contributed by atoms with E-state index in [4.69, 9.17) is 5.73 Å². The second-order valence-electron chi connectivity index (χ2n) is 4.55.